The maximum absolute atomic E-state index is 11.3. The van der Waals surface area contributed by atoms with Crippen LogP contribution in [0.5, 0.6) is 0 Å². The highest BCUT2D eigenvalue weighted by atomic mass is 16.4. The summed E-state index contributed by atoms with van der Waals surface area (Å²) in [6.07, 6.45) is 0.568. The minimum Gasteiger partial charge on any atom is -0.478 e. The number of aliphatic hydroxyl groups excluding tert-OH is 1. The normalized spacial score (nSPS) is 21.1. The van der Waals surface area contributed by atoms with Gasteiger partial charge in [-0.1, -0.05) is 11.6 Å². The number of aromatic carboxylic acids is 1. The molecular formula is C14H19NO3. The number of benzene rings is 1. The van der Waals surface area contributed by atoms with Gasteiger partial charge >= 0.3 is 5.97 Å². The van der Waals surface area contributed by atoms with Gasteiger partial charge in [0.25, 0.3) is 0 Å². The minimum atomic E-state index is -0.894. The van der Waals surface area contributed by atoms with Crippen LogP contribution in [-0.4, -0.2) is 35.4 Å². The number of aliphatic hydroxyl groups is 1. The molecular weight excluding hydrogens is 230 g/mol. The summed E-state index contributed by atoms with van der Waals surface area (Å²) < 4.78 is 0. The predicted octanol–water partition coefficient (Wildman–Crippen LogP) is 1.90. The number of carboxylic acids is 1. The summed E-state index contributed by atoms with van der Waals surface area (Å²) in [6, 6.07) is 5.49. The Morgan fingerprint density at radius 3 is 2.78 bits per heavy atom. The third-order valence-corrected chi connectivity index (χ3v) is 3.63. The van der Waals surface area contributed by atoms with E-state index in [9.17, 15) is 15.0 Å². The number of hydrogen-bond donors (Lipinski definition) is 2. The van der Waals surface area contributed by atoms with E-state index in [4.69, 9.17) is 0 Å². The van der Waals surface area contributed by atoms with E-state index in [1.54, 1.807) is 13.0 Å². The van der Waals surface area contributed by atoms with Crippen molar-refractivity contribution in [3.05, 3.63) is 29.3 Å². The van der Waals surface area contributed by atoms with Crippen LogP contribution in [0.1, 0.15) is 29.3 Å². The van der Waals surface area contributed by atoms with Gasteiger partial charge in [-0.15, -0.1) is 0 Å². The minimum absolute atomic E-state index is 0.230. The first-order valence-electron chi connectivity index (χ1n) is 6.26. The lowest BCUT2D eigenvalue weighted by Gasteiger charge is -2.21. The number of carbonyl (C=O) groups is 1. The first kappa shape index (κ1) is 12.9. The van der Waals surface area contributed by atoms with Crippen LogP contribution in [0.2, 0.25) is 0 Å². The number of aryl methyl sites for hydroxylation is 1. The third-order valence-electron chi connectivity index (χ3n) is 3.63. The van der Waals surface area contributed by atoms with E-state index in [0.29, 0.717) is 5.56 Å². The Balaban J connectivity index is 2.27. The fraction of sp³-hybridized carbons (Fsp3) is 0.500. The van der Waals surface area contributed by atoms with E-state index in [-0.39, 0.29) is 12.0 Å². The molecule has 2 unspecified atom stereocenters. The van der Waals surface area contributed by atoms with Crippen LogP contribution in [0, 0.1) is 12.8 Å². The molecule has 1 aliphatic heterocycles. The molecule has 1 aromatic rings. The molecule has 0 bridgehead atoms. The fourth-order valence-electron chi connectivity index (χ4n) is 2.50. The molecule has 98 valence electrons. The monoisotopic (exact) mass is 249 g/mol. The second kappa shape index (κ2) is 4.98. The Hall–Kier alpha value is -1.55. The standard InChI is InChI=1S/C14H19NO3/c1-9-3-4-13(12(7-9)14(17)18)15-6-5-11(8-15)10(2)16/h3-4,7,10-11,16H,5-6,8H2,1-2H3,(H,17,18). The van der Waals surface area contributed by atoms with Crippen molar-refractivity contribution in [3.8, 4) is 0 Å². The highest BCUT2D eigenvalue weighted by Gasteiger charge is 2.28. The quantitative estimate of drug-likeness (QED) is 0.859. The topological polar surface area (TPSA) is 60.8 Å². The third kappa shape index (κ3) is 2.48. The SMILES string of the molecule is Cc1ccc(N2CCC(C(C)O)C2)c(C(=O)O)c1. The van der Waals surface area contributed by atoms with Crippen molar-refractivity contribution in [3.63, 3.8) is 0 Å². The van der Waals surface area contributed by atoms with Crippen LogP contribution in [-0.2, 0) is 0 Å². The van der Waals surface area contributed by atoms with Crippen molar-refractivity contribution < 1.29 is 15.0 Å². The van der Waals surface area contributed by atoms with Crippen molar-refractivity contribution in [2.75, 3.05) is 18.0 Å². The van der Waals surface area contributed by atoms with Gasteiger partial charge in [-0.2, -0.15) is 0 Å². The predicted molar refractivity (Wildman–Crippen MR) is 70.1 cm³/mol. The lowest BCUT2D eigenvalue weighted by Crippen LogP contribution is -2.25. The lowest BCUT2D eigenvalue weighted by atomic mass is 10.0. The average molecular weight is 249 g/mol. The van der Waals surface area contributed by atoms with Crippen molar-refractivity contribution >= 4 is 11.7 Å². The van der Waals surface area contributed by atoms with Crippen LogP contribution in [0.4, 0.5) is 5.69 Å². The average Bonchev–Trinajstić information content (AvgIpc) is 2.78. The van der Waals surface area contributed by atoms with Gasteiger partial charge < -0.3 is 15.1 Å². The zero-order chi connectivity index (χ0) is 13.3. The van der Waals surface area contributed by atoms with Crippen molar-refractivity contribution in [2.45, 2.75) is 26.4 Å². The summed E-state index contributed by atoms with van der Waals surface area (Å²) in [5.74, 6) is -0.665. The van der Waals surface area contributed by atoms with E-state index >= 15 is 0 Å². The van der Waals surface area contributed by atoms with Gasteiger partial charge in [-0.05, 0) is 32.4 Å². The van der Waals surface area contributed by atoms with Gasteiger partial charge in [0.15, 0.2) is 0 Å². The van der Waals surface area contributed by atoms with Gasteiger partial charge in [-0.3, -0.25) is 0 Å². The first-order valence-corrected chi connectivity index (χ1v) is 6.26. The molecule has 1 heterocycles. The molecule has 0 radical (unpaired) electrons. The summed E-state index contributed by atoms with van der Waals surface area (Å²) in [6.45, 7) is 5.21. The summed E-state index contributed by atoms with van der Waals surface area (Å²) in [5, 5.41) is 18.8. The van der Waals surface area contributed by atoms with Crippen LogP contribution >= 0.6 is 0 Å². The van der Waals surface area contributed by atoms with Crippen molar-refractivity contribution in [2.24, 2.45) is 5.92 Å². The second-order valence-corrected chi connectivity index (χ2v) is 5.06. The maximum atomic E-state index is 11.3. The van der Waals surface area contributed by atoms with Gasteiger partial charge in [0.05, 0.1) is 17.4 Å². The molecule has 1 fully saturated rings. The zero-order valence-electron chi connectivity index (χ0n) is 10.8. The Kier molecular flexibility index (Phi) is 3.57. The van der Waals surface area contributed by atoms with Crippen LogP contribution in [0.15, 0.2) is 18.2 Å². The Bertz CT molecular complexity index is 456. The Morgan fingerprint density at radius 2 is 2.22 bits per heavy atom. The molecule has 1 aromatic carbocycles. The number of anilines is 1. The first-order chi connectivity index (χ1) is 8.49. The molecule has 1 saturated heterocycles. The fourth-order valence-corrected chi connectivity index (χ4v) is 2.50. The lowest BCUT2D eigenvalue weighted by molar-refractivity contribution is 0.0697. The van der Waals surface area contributed by atoms with Gasteiger partial charge in [0.1, 0.15) is 0 Å². The van der Waals surface area contributed by atoms with Crippen LogP contribution in [0.25, 0.3) is 0 Å². The molecule has 0 aromatic heterocycles. The molecule has 0 aliphatic carbocycles. The summed E-state index contributed by atoms with van der Waals surface area (Å²) >= 11 is 0. The number of nitrogens with zero attached hydrogens (tertiary/aromatic N) is 1. The van der Waals surface area contributed by atoms with E-state index in [1.165, 1.54) is 0 Å². The number of rotatable bonds is 3. The number of hydrogen-bond acceptors (Lipinski definition) is 3. The van der Waals surface area contributed by atoms with E-state index in [1.807, 2.05) is 19.1 Å². The largest absolute Gasteiger partial charge is 0.478 e. The van der Waals surface area contributed by atoms with Gasteiger partial charge in [-0.25, -0.2) is 4.79 Å². The van der Waals surface area contributed by atoms with Gasteiger partial charge in [0, 0.05) is 19.0 Å². The van der Waals surface area contributed by atoms with E-state index < -0.39 is 5.97 Å². The maximum Gasteiger partial charge on any atom is 0.337 e. The molecule has 4 heteroatoms. The molecule has 0 amide bonds. The summed E-state index contributed by atoms with van der Waals surface area (Å²) in [5.41, 5.74) is 2.06. The Labute approximate surface area is 107 Å². The van der Waals surface area contributed by atoms with Crippen LogP contribution < -0.4 is 4.90 Å². The molecule has 2 atom stereocenters. The zero-order valence-corrected chi connectivity index (χ0v) is 10.8. The highest BCUT2D eigenvalue weighted by Crippen LogP contribution is 2.29. The summed E-state index contributed by atoms with van der Waals surface area (Å²) in [4.78, 5) is 13.3. The van der Waals surface area contributed by atoms with Gasteiger partial charge in [0.2, 0.25) is 0 Å². The molecule has 4 nitrogen and oxygen atoms in total. The highest BCUT2D eigenvalue weighted by molar-refractivity contribution is 5.94. The number of carboxylic acid groups (broad SMARTS) is 1. The Morgan fingerprint density at radius 1 is 1.50 bits per heavy atom. The molecule has 0 spiro atoms. The molecule has 0 saturated carbocycles. The molecule has 1 aliphatic rings. The molecule has 2 rings (SSSR count). The summed E-state index contributed by atoms with van der Waals surface area (Å²) in [7, 11) is 0. The smallest absolute Gasteiger partial charge is 0.337 e. The van der Waals surface area contributed by atoms with Crippen molar-refractivity contribution in [1.29, 1.82) is 0 Å². The molecule has 2 N–H and O–H groups in total. The van der Waals surface area contributed by atoms with E-state index in [2.05, 4.69) is 4.90 Å². The van der Waals surface area contributed by atoms with Crippen molar-refractivity contribution in [1.82, 2.24) is 0 Å². The van der Waals surface area contributed by atoms with Crippen LogP contribution in [0.3, 0.4) is 0 Å². The van der Waals surface area contributed by atoms with E-state index in [0.717, 1.165) is 30.8 Å². The second-order valence-electron chi connectivity index (χ2n) is 5.06. The molecule has 18 heavy (non-hydrogen) atoms.